The molecule has 0 N–H and O–H groups in total. The molecular weight excluding hydrogens is 306 g/mol. The molecule has 1 aromatic carbocycles. The highest BCUT2D eigenvalue weighted by Crippen LogP contribution is 2.60. The Kier molecular flexibility index (Phi) is 3.86. The number of esters is 1. The van der Waals surface area contributed by atoms with E-state index >= 15 is 0 Å². The molecule has 0 bridgehead atoms. The van der Waals surface area contributed by atoms with Crippen LogP contribution < -0.4 is 4.74 Å². The highest BCUT2D eigenvalue weighted by Gasteiger charge is 2.55. The summed E-state index contributed by atoms with van der Waals surface area (Å²) >= 11 is 0. The highest BCUT2D eigenvalue weighted by molar-refractivity contribution is 5.87. The van der Waals surface area contributed by atoms with Gasteiger partial charge in [-0.2, -0.15) is 4.39 Å². The van der Waals surface area contributed by atoms with Gasteiger partial charge in [0, 0.05) is 24.3 Å². The van der Waals surface area contributed by atoms with Gasteiger partial charge < -0.3 is 9.47 Å². The van der Waals surface area contributed by atoms with Gasteiger partial charge in [-0.05, 0) is 24.3 Å². The molecule has 1 spiro atoms. The van der Waals surface area contributed by atoms with E-state index < -0.39 is 23.5 Å². The Morgan fingerprint density at radius 3 is 2.48 bits per heavy atom. The molecule has 2 aliphatic carbocycles. The highest BCUT2D eigenvalue weighted by atomic mass is 19.2. The fraction of sp³-hybridized carbons (Fsp3) is 0.529. The zero-order valence-electron chi connectivity index (χ0n) is 13.0. The lowest BCUT2D eigenvalue weighted by molar-refractivity contribution is -0.147. The van der Waals surface area contributed by atoms with Crippen molar-refractivity contribution in [3.63, 3.8) is 0 Å². The fourth-order valence-electron chi connectivity index (χ4n) is 4.15. The molecule has 0 amide bonds. The normalized spacial score (nSPS) is 25.3. The summed E-state index contributed by atoms with van der Waals surface area (Å²) in [5, 5.41) is 0. The fourth-order valence-corrected chi connectivity index (χ4v) is 4.15. The molecule has 6 heteroatoms. The number of ether oxygens (including phenoxy) is 2. The van der Waals surface area contributed by atoms with Crippen molar-refractivity contribution in [1.29, 1.82) is 0 Å². The predicted octanol–water partition coefficient (Wildman–Crippen LogP) is 2.99. The van der Waals surface area contributed by atoms with Crippen molar-refractivity contribution in [2.45, 2.75) is 31.6 Å². The molecule has 0 radical (unpaired) electrons. The van der Waals surface area contributed by atoms with Crippen molar-refractivity contribution in [3.05, 3.63) is 29.3 Å². The summed E-state index contributed by atoms with van der Waals surface area (Å²) < 4.78 is 37.4. The molecule has 0 heterocycles. The molecule has 4 nitrogen and oxygen atoms in total. The maximum atomic E-state index is 14.0. The minimum absolute atomic E-state index is 0.173. The Morgan fingerprint density at radius 2 is 1.91 bits per heavy atom. The minimum Gasteiger partial charge on any atom is -0.493 e. The van der Waals surface area contributed by atoms with Crippen LogP contribution in [-0.2, 0) is 14.3 Å². The second-order valence-corrected chi connectivity index (χ2v) is 6.52. The Labute approximate surface area is 132 Å². The third-order valence-corrected chi connectivity index (χ3v) is 5.12. The first kappa shape index (κ1) is 15.9. The average Bonchev–Trinajstić information content (AvgIpc) is 2.89. The second-order valence-electron chi connectivity index (χ2n) is 6.52. The first-order chi connectivity index (χ1) is 10.9. The first-order valence-corrected chi connectivity index (χ1v) is 7.52. The first-order valence-electron chi connectivity index (χ1n) is 7.52. The van der Waals surface area contributed by atoms with E-state index in [9.17, 15) is 18.4 Å². The Morgan fingerprint density at radius 1 is 1.22 bits per heavy atom. The van der Waals surface area contributed by atoms with Gasteiger partial charge in [0.05, 0.1) is 20.1 Å². The van der Waals surface area contributed by atoms with E-state index in [2.05, 4.69) is 0 Å². The zero-order valence-corrected chi connectivity index (χ0v) is 13.0. The number of methoxy groups -OCH3 is 2. The molecule has 0 saturated heterocycles. The quantitative estimate of drug-likeness (QED) is 0.802. The van der Waals surface area contributed by atoms with Crippen LogP contribution in [0.25, 0.3) is 0 Å². The van der Waals surface area contributed by atoms with Gasteiger partial charge in [-0.15, -0.1) is 0 Å². The topological polar surface area (TPSA) is 52.6 Å². The largest absolute Gasteiger partial charge is 0.493 e. The third kappa shape index (κ3) is 2.50. The molecule has 1 aromatic rings. The monoisotopic (exact) mass is 324 g/mol. The Bertz CT molecular complexity index is 663. The summed E-state index contributed by atoms with van der Waals surface area (Å²) in [7, 11) is 2.57. The zero-order chi connectivity index (χ0) is 16.8. The molecule has 2 atom stereocenters. The summed E-state index contributed by atoms with van der Waals surface area (Å²) in [4.78, 5) is 23.6. The predicted molar refractivity (Wildman–Crippen MR) is 77.1 cm³/mol. The van der Waals surface area contributed by atoms with Crippen LogP contribution in [0.2, 0.25) is 0 Å². The summed E-state index contributed by atoms with van der Waals surface area (Å²) in [6, 6.07) is 2.50. The van der Waals surface area contributed by atoms with Crippen molar-refractivity contribution in [3.8, 4) is 5.75 Å². The van der Waals surface area contributed by atoms with Gasteiger partial charge >= 0.3 is 5.97 Å². The lowest BCUT2D eigenvalue weighted by Gasteiger charge is -2.37. The molecular formula is C17H18F2O4. The van der Waals surface area contributed by atoms with Crippen molar-refractivity contribution in [1.82, 2.24) is 0 Å². The molecule has 2 saturated carbocycles. The number of benzene rings is 1. The molecule has 23 heavy (non-hydrogen) atoms. The van der Waals surface area contributed by atoms with E-state index in [0.29, 0.717) is 31.2 Å². The number of ketones is 1. The van der Waals surface area contributed by atoms with Crippen molar-refractivity contribution < 1.29 is 27.8 Å². The standard InChI is InChI=1S/C17H18F2O4/c1-22-15-10(3-4-13(18)14(15)19)11-7-17(5-9(20)6-17)8-12(11)16(21)23-2/h3-4,11-12H,5-8H2,1-2H3/t11-,12+/m0/s1. The minimum atomic E-state index is -1.06. The number of hydrogen-bond acceptors (Lipinski definition) is 4. The molecule has 0 aliphatic heterocycles. The van der Waals surface area contributed by atoms with Crippen LogP contribution in [0.3, 0.4) is 0 Å². The van der Waals surface area contributed by atoms with Crippen molar-refractivity contribution in [2.24, 2.45) is 11.3 Å². The van der Waals surface area contributed by atoms with Crippen LogP contribution in [0.4, 0.5) is 8.78 Å². The molecule has 3 rings (SSSR count). The number of carbonyl (C=O) groups is 2. The van der Waals surface area contributed by atoms with E-state index in [0.717, 1.165) is 6.07 Å². The maximum Gasteiger partial charge on any atom is 0.309 e. The molecule has 0 aromatic heterocycles. The number of Topliss-reactive ketones (excluding diaryl/α,β-unsaturated/α-hetero) is 1. The van der Waals surface area contributed by atoms with E-state index in [1.165, 1.54) is 20.3 Å². The summed E-state index contributed by atoms with van der Waals surface area (Å²) in [6.45, 7) is 0. The SMILES string of the molecule is COC(=O)[C@@H]1CC2(CC(=O)C2)C[C@H]1c1ccc(F)c(F)c1OC. The van der Waals surface area contributed by atoms with Crippen molar-refractivity contribution >= 4 is 11.8 Å². The lowest BCUT2D eigenvalue weighted by atomic mass is 9.66. The van der Waals surface area contributed by atoms with Crippen LogP contribution in [0.1, 0.15) is 37.2 Å². The summed E-state index contributed by atoms with van der Waals surface area (Å²) in [5.74, 6) is -3.27. The van der Waals surface area contributed by atoms with Gasteiger partial charge in [0.1, 0.15) is 5.78 Å². The number of carbonyl (C=O) groups excluding carboxylic acids is 2. The van der Waals surface area contributed by atoms with Gasteiger partial charge in [-0.3, -0.25) is 9.59 Å². The number of halogens is 2. The van der Waals surface area contributed by atoms with Gasteiger partial charge in [0.2, 0.25) is 5.82 Å². The Hall–Kier alpha value is -1.98. The lowest BCUT2D eigenvalue weighted by Crippen LogP contribution is -2.35. The van der Waals surface area contributed by atoms with Gasteiger partial charge in [0.25, 0.3) is 0 Å². The van der Waals surface area contributed by atoms with Crippen LogP contribution in [0.15, 0.2) is 12.1 Å². The van der Waals surface area contributed by atoms with Crippen LogP contribution in [0.5, 0.6) is 5.75 Å². The summed E-state index contributed by atoms with van der Waals surface area (Å²) in [5.41, 5.74) is 0.231. The smallest absolute Gasteiger partial charge is 0.309 e. The van der Waals surface area contributed by atoms with Gasteiger partial charge in [-0.25, -0.2) is 4.39 Å². The number of rotatable bonds is 3. The molecule has 2 aliphatic rings. The molecule has 124 valence electrons. The van der Waals surface area contributed by atoms with E-state index in [1.54, 1.807) is 0 Å². The van der Waals surface area contributed by atoms with Crippen molar-refractivity contribution in [2.75, 3.05) is 14.2 Å². The van der Waals surface area contributed by atoms with Crippen LogP contribution in [0, 0.1) is 23.0 Å². The van der Waals surface area contributed by atoms with E-state index in [1.807, 2.05) is 0 Å². The molecule has 2 fully saturated rings. The summed E-state index contributed by atoms with van der Waals surface area (Å²) in [6.07, 6.45) is 1.96. The van der Waals surface area contributed by atoms with Gasteiger partial charge in [-0.1, -0.05) is 6.07 Å². The third-order valence-electron chi connectivity index (χ3n) is 5.12. The van der Waals surface area contributed by atoms with Crippen LogP contribution >= 0.6 is 0 Å². The maximum absolute atomic E-state index is 14.0. The van der Waals surface area contributed by atoms with Gasteiger partial charge in [0.15, 0.2) is 11.6 Å². The Balaban J connectivity index is 2.01. The molecule has 0 unspecified atom stereocenters. The number of hydrogen-bond donors (Lipinski definition) is 0. The second kappa shape index (κ2) is 5.58. The van der Waals surface area contributed by atoms with E-state index in [-0.39, 0.29) is 22.9 Å². The average molecular weight is 324 g/mol. The van der Waals surface area contributed by atoms with Crippen LogP contribution in [-0.4, -0.2) is 26.0 Å². The van der Waals surface area contributed by atoms with E-state index in [4.69, 9.17) is 9.47 Å².